The molecule has 0 radical (unpaired) electrons. The largest absolute Gasteiger partial charge is 0.312 e. The molecule has 2 heteroatoms. The smallest absolute Gasteiger partial charge is 0.00695 e. The minimum absolute atomic E-state index is 0. The summed E-state index contributed by atoms with van der Waals surface area (Å²) in [5.41, 5.74) is 0. The summed E-state index contributed by atoms with van der Waals surface area (Å²) < 4.78 is 0. The lowest BCUT2D eigenvalue weighted by atomic mass is 9.94. The third-order valence-electron chi connectivity index (χ3n) is 3.04. The van der Waals surface area contributed by atoms with Crippen LogP contribution in [0.15, 0.2) is 0 Å². The minimum atomic E-state index is 0. The van der Waals surface area contributed by atoms with E-state index in [1.54, 1.807) is 0 Å². The molecule has 1 rings (SSSR count). The van der Waals surface area contributed by atoms with E-state index in [0.29, 0.717) is 0 Å². The van der Waals surface area contributed by atoms with Crippen LogP contribution in [0.25, 0.3) is 0 Å². The molecule has 0 unspecified atom stereocenters. The van der Waals surface area contributed by atoms with Crippen LogP contribution < -0.4 is 5.32 Å². The Hall–Kier alpha value is 0.250. The van der Waals surface area contributed by atoms with E-state index in [-0.39, 0.29) is 12.4 Å². The third-order valence-corrected chi connectivity index (χ3v) is 3.04. The van der Waals surface area contributed by atoms with E-state index < -0.39 is 0 Å². The van der Waals surface area contributed by atoms with Crippen LogP contribution in [0.5, 0.6) is 0 Å². The molecule has 0 aliphatic carbocycles. The molecule has 1 N–H and O–H groups in total. The van der Waals surface area contributed by atoms with Crippen molar-refractivity contribution in [3.05, 3.63) is 0 Å². The van der Waals surface area contributed by atoms with Crippen LogP contribution in [0, 0.1) is 5.92 Å². The Morgan fingerprint density at radius 2 is 2.00 bits per heavy atom. The molecular formula is C12H26ClN. The fourth-order valence-corrected chi connectivity index (χ4v) is 2.24. The summed E-state index contributed by atoms with van der Waals surface area (Å²) >= 11 is 0. The van der Waals surface area contributed by atoms with Gasteiger partial charge in [-0.3, -0.25) is 0 Å². The average molecular weight is 220 g/mol. The molecule has 1 heterocycles. The summed E-state index contributed by atoms with van der Waals surface area (Å²) in [4.78, 5) is 0. The van der Waals surface area contributed by atoms with Crippen LogP contribution in [0.1, 0.15) is 59.3 Å². The highest BCUT2D eigenvalue weighted by Crippen LogP contribution is 2.17. The molecule has 1 saturated heterocycles. The number of piperidine rings is 1. The highest BCUT2D eigenvalue weighted by Gasteiger charge is 2.16. The highest BCUT2D eigenvalue weighted by atomic mass is 35.5. The Balaban J connectivity index is 0.00000169. The van der Waals surface area contributed by atoms with Crippen molar-refractivity contribution in [2.24, 2.45) is 5.92 Å². The minimum Gasteiger partial charge on any atom is -0.312 e. The van der Waals surface area contributed by atoms with Gasteiger partial charge < -0.3 is 5.32 Å². The first-order valence-electron chi connectivity index (χ1n) is 5.94. The maximum atomic E-state index is 3.69. The molecule has 1 fully saturated rings. The second kappa shape index (κ2) is 7.53. The van der Waals surface area contributed by atoms with E-state index in [9.17, 15) is 0 Å². The van der Waals surface area contributed by atoms with Gasteiger partial charge in [-0.25, -0.2) is 0 Å². The second-order valence-electron chi connectivity index (χ2n) is 5.02. The molecule has 1 nitrogen and oxygen atoms in total. The number of rotatable bonds is 4. The zero-order valence-electron chi connectivity index (χ0n) is 9.88. The topological polar surface area (TPSA) is 12.0 Å². The van der Waals surface area contributed by atoms with Crippen molar-refractivity contribution in [3.8, 4) is 0 Å². The number of nitrogens with one attached hydrogen (secondary N) is 1. The monoisotopic (exact) mass is 219 g/mol. The van der Waals surface area contributed by atoms with Crippen molar-refractivity contribution in [2.75, 3.05) is 0 Å². The second-order valence-corrected chi connectivity index (χ2v) is 5.02. The molecule has 0 bridgehead atoms. The first-order valence-corrected chi connectivity index (χ1v) is 5.94. The molecule has 0 saturated carbocycles. The third kappa shape index (κ3) is 5.87. The summed E-state index contributed by atoms with van der Waals surface area (Å²) in [6.07, 6.45) is 8.40. The van der Waals surface area contributed by atoms with Crippen molar-refractivity contribution < 1.29 is 0 Å². The summed E-state index contributed by atoms with van der Waals surface area (Å²) in [6, 6.07) is 1.58. The van der Waals surface area contributed by atoms with Crippen LogP contribution in [-0.4, -0.2) is 12.1 Å². The Bertz CT molecular complexity index is 136. The molecule has 1 aliphatic rings. The van der Waals surface area contributed by atoms with Crippen molar-refractivity contribution in [3.63, 3.8) is 0 Å². The molecule has 0 aromatic heterocycles. The van der Waals surface area contributed by atoms with Crippen LogP contribution in [0.4, 0.5) is 0 Å². The predicted molar refractivity (Wildman–Crippen MR) is 66.2 cm³/mol. The molecular weight excluding hydrogens is 194 g/mol. The van der Waals surface area contributed by atoms with Crippen molar-refractivity contribution in [2.45, 2.75) is 71.4 Å². The van der Waals surface area contributed by atoms with Crippen molar-refractivity contribution >= 4 is 12.4 Å². The SMILES string of the molecule is CC(C)CCC[C@H]1CCC[C@H](C)N1.Cl. The van der Waals surface area contributed by atoms with Crippen molar-refractivity contribution in [1.82, 2.24) is 5.32 Å². The molecule has 0 aromatic rings. The van der Waals surface area contributed by atoms with Gasteiger partial charge in [-0.05, 0) is 32.1 Å². The van der Waals surface area contributed by atoms with E-state index in [0.717, 1.165) is 18.0 Å². The maximum absolute atomic E-state index is 3.69. The van der Waals surface area contributed by atoms with Gasteiger partial charge in [0.15, 0.2) is 0 Å². The van der Waals surface area contributed by atoms with Gasteiger partial charge in [0.1, 0.15) is 0 Å². The predicted octanol–water partition coefficient (Wildman–Crippen LogP) is 3.77. The molecule has 1 aliphatic heterocycles. The fraction of sp³-hybridized carbons (Fsp3) is 1.00. The van der Waals surface area contributed by atoms with E-state index in [1.807, 2.05) is 0 Å². The van der Waals surface area contributed by atoms with Crippen molar-refractivity contribution in [1.29, 1.82) is 0 Å². The number of hydrogen-bond acceptors (Lipinski definition) is 1. The lowest BCUT2D eigenvalue weighted by molar-refractivity contribution is 0.311. The quantitative estimate of drug-likeness (QED) is 0.759. The number of hydrogen-bond donors (Lipinski definition) is 1. The Labute approximate surface area is 95.5 Å². The first-order chi connectivity index (χ1) is 6.18. The van der Waals surface area contributed by atoms with Gasteiger partial charge in [-0.1, -0.05) is 33.1 Å². The highest BCUT2D eigenvalue weighted by molar-refractivity contribution is 5.85. The van der Waals surface area contributed by atoms with Gasteiger partial charge in [-0.15, -0.1) is 12.4 Å². The fourth-order valence-electron chi connectivity index (χ4n) is 2.24. The molecule has 0 spiro atoms. The van der Waals surface area contributed by atoms with E-state index in [1.165, 1.54) is 38.5 Å². The van der Waals surface area contributed by atoms with Gasteiger partial charge in [0.2, 0.25) is 0 Å². The molecule has 0 amide bonds. The van der Waals surface area contributed by atoms with E-state index in [2.05, 4.69) is 26.1 Å². The van der Waals surface area contributed by atoms with E-state index in [4.69, 9.17) is 0 Å². The van der Waals surface area contributed by atoms with Crippen LogP contribution in [0.2, 0.25) is 0 Å². The van der Waals surface area contributed by atoms with Crippen LogP contribution >= 0.6 is 12.4 Å². The summed E-state index contributed by atoms with van der Waals surface area (Å²) in [5, 5.41) is 3.69. The maximum Gasteiger partial charge on any atom is 0.00695 e. The Kier molecular flexibility index (Phi) is 7.66. The zero-order chi connectivity index (χ0) is 9.68. The summed E-state index contributed by atoms with van der Waals surface area (Å²) in [7, 11) is 0. The Morgan fingerprint density at radius 3 is 2.57 bits per heavy atom. The Morgan fingerprint density at radius 1 is 1.29 bits per heavy atom. The summed E-state index contributed by atoms with van der Waals surface area (Å²) in [5.74, 6) is 0.876. The van der Waals surface area contributed by atoms with Gasteiger partial charge >= 0.3 is 0 Å². The van der Waals surface area contributed by atoms with Gasteiger partial charge in [0, 0.05) is 12.1 Å². The van der Waals surface area contributed by atoms with Gasteiger partial charge in [0.25, 0.3) is 0 Å². The molecule has 0 aromatic carbocycles. The zero-order valence-corrected chi connectivity index (χ0v) is 10.7. The molecule has 86 valence electrons. The van der Waals surface area contributed by atoms with Crippen LogP contribution in [-0.2, 0) is 0 Å². The lowest BCUT2D eigenvalue weighted by Crippen LogP contribution is -2.40. The normalized spacial score (nSPS) is 27.4. The standard InChI is InChI=1S/C12H25N.ClH/c1-10(2)6-4-8-12-9-5-7-11(3)13-12;/h10-13H,4-9H2,1-3H3;1H/t11-,12-;/m0./s1. The summed E-state index contributed by atoms with van der Waals surface area (Å²) in [6.45, 7) is 6.95. The average Bonchev–Trinajstić information content (AvgIpc) is 2.03. The van der Waals surface area contributed by atoms with Gasteiger partial charge in [0.05, 0.1) is 0 Å². The first kappa shape index (κ1) is 14.2. The van der Waals surface area contributed by atoms with E-state index >= 15 is 0 Å². The molecule has 2 atom stereocenters. The van der Waals surface area contributed by atoms with Gasteiger partial charge in [-0.2, -0.15) is 0 Å². The number of halogens is 1. The molecule has 14 heavy (non-hydrogen) atoms. The lowest BCUT2D eigenvalue weighted by Gasteiger charge is -2.28. The van der Waals surface area contributed by atoms with Crippen LogP contribution in [0.3, 0.4) is 0 Å².